The van der Waals surface area contributed by atoms with Gasteiger partial charge in [0.25, 0.3) is 0 Å². The molecule has 2 aromatic carbocycles. The number of anilines is 1. The van der Waals surface area contributed by atoms with Crippen LogP contribution in [-0.4, -0.2) is 5.11 Å². The van der Waals surface area contributed by atoms with Gasteiger partial charge in [0.05, 0.1) is 0 Å². The summed E-state index contributed by atoms with van der Waals surface area (Å²) >= 11 is 5.94. The van der Waals surface area contributed by atoms with E-state index in [9.17, 15) is 5.11 Å². The fourth-order valence-electron chi connectivity index (χ4n) is 1.64. The molecule has 0 aliphatic rings. The smallest absolute Gasteiger partial charge is 0.120 e. The van der Waals surface area contributed by atoms with Crippen LogP contribution < -0.4 is 5.32 Å². The summed E-state index contributed by atoms with van der Waals surface area (Å²) in [5, 5.41) is 13.6. The topological polar surface area (TPSA) is 32.3 Å². The Balaban J connectivity index is 2.12. The first-order valence-corrected chi connectivity index (χ1v) is 5.81. The zero-order valence-corrected chi connectivity index (χ0v) is 10.3. The average molecular weight is 248 g/mol. The molecule has 0 aliphatic carbocycles. The highest BCUT2D eigenvalue weighted by Gasteiger charge is 2.02. The van der Waals surface area contributed by atoms with Crippen molar-refractivity contribution in [2.45, 2.75) is 13.5 Å². The molecule has 0 saturated heterocycles. The molecule has 0 fully saturated rings. The van der Waals surface area contributed by atoms with Gasteiger partial charge in [-0.2, -0.15) is 0 Å². The van der Waals surface area contributed by atoms with Crippen LogP contribution in [0.5, 0.6) is 5.75 Å². The molecule has 2 nitrogen and oxygen atoms in total. The van der Waals surface area contributed by atoms with Crippen molar-refractivity contribution >= 4 is 17.3 Å². The van der Waals surface area contributed by atoms with E-state index in [4.69, 9.17) is 11.6 Å². The Hall–Kier alpha value is -1.67. The van der Waals surface area contributed by atoms with Gasteiger partial charge in [-0.25, -0.2) is 0 Å². The molecule has 2 rings (SSSR count). The predicted molar refractivity (Wildman–Crippen MR) is 71.6 cm³/mol. The van der Waals surface area contributed by atoms with Crippen LogP contribution in [-0.2, 0) is 6.54 Å². The fraction of sp³-hybridized carbons (Fsp3) is 0.143. The van der Waals surface area contributed by atoms with Crippen molar-refractivity contribution in [3.63, 3.8) is 0 Å². The van der Waals surface area contributed by atoms with Gasteiger partial charge in [0.2, 0.25) is 0 Å². The first-order chi connectivity index (χ1) is 8.16. The Labute approximate surface area is 106 Å². The molecule has 0 saturated carbocycles. The van der Waals surface area contributed by atoms with E-state index in [1.165, 1.54) is 0 Å². The standard InChI is InChI=1S/C14H14ClNO/c1-10-6-7-12(15)8-13(10)16-9-11-4-2-3-5-14(11)17/h2-8,16-17H,9H2,1H3. The van der Waals surface area contributed by atoms with Crippen molar-refractivity contribution in [1.29, 1.82) is 0 Å². The van der Waals surface area contributed by atoms with Crippen molar-refractivity contribution in [1.82, 2.24) is 0 Å². The van der Waals surface area contributed by atoms with E-state index >= 15 is 0 Å². The van der Waals surface area contributed by atoms with Crippen LogP contribution in [0.1, 0.15) is 11.1 Å². The number of phenolic OH excluding ortho intramolecular Hbond substituents is 1. The van der Waals surface area contributed by atoms with E-state index < -0.39 is 0 Å². The number of benzene rings is 2. The molecule has 2 N–H and O–H groups in total. The summed E-state index contributed by atoms with van der Waals surface area (Å²) < 4.78 is 0. The van der Waals surface area contributed by atoms with Crippen molar-refractivity contribution in [2.24, 2.45) is 0 Å². The average Bonchev–Trinajstić information content (AvgIpc) is 2.32. The molecule has 0 spiro atoms. The van der Waals surface area contributed by atoms with Crippen LogP contribution >= 0.6 is 11.6 Å². The maximum atomic E-state index is 9.65. The molecule has 0 bridgehead atoms. The second-order valence-corrected chi connectivity index (χ2v) is 4.38. The largest absolute Gasteiger partial charge is 0.508 e. The lowest BCUT2D eigenvalue weighted by molar-refractivity contribution is 0.469. The number of aryl methyl sites for hydroxylation is 1. The quantitative estimate of drug-likeness (QED) is 0.860. The number of phenols is 1. The van der Waals surface area contributed by atoms with E-state index in [-0.39, 0.29) is 0 Å². The van der Waals surface area contributed by atoms with Gasteiger partial charge < -0.3 is 10.4 Å². The Morgan fingerprint density at radius 3 is 2.71 bits per heavy atom. The molecule has 3 heteroatoms. The van der Waals surface area contributed by atoms with E-state index in [2.05, 4.69) is 5.32 Å². The zero-order chi connectivity index (χ0) is 12.3. The van der Waals surface area contributed by atoms with E-state index in [0.717, 1.165) is 16.8 Å². The number of halogens is 1. The minimum Gasteiger partial charge on any atom is -0.508 e. The second-order valence-electron chi connectivity index (χ2n) is 3.94. The normalized spacial score (nSPS) is 10.2. The van der Waals surface area contributed by atoms with Crippen LogP contribution in [0.15, 0.2) is 42.5 Å². The molecular weight excluding hydrogens is 234 g/mol. The van der Waals surface area contributed by atoms with Gasteiger partial charge in [-0.3, -0.25) is 0 Å². The third-order valence-electron chi connectivity index (χ3n) is 2.66. The molecule has 2 aromatic rings. The predicted octanol–water partition coefficient (Wildman–Crippen LogP) is 3.97. The lowest BCUT2D eigenvalue weighted by Gasteiger charge is -2.10. The molecule has 0 atom stereocenters. The van der Waals surface area contributed by atoms with E-state index in [1.807, 2.05) is 43.3 Å². The summed E-state index contributed by atoms with van der Waals surface area (Å²) in [6.45, 7) is 2.59. The minimum absolute atomic E-state index is 0.305. The molecule has 0 aromatic heterocycles. The Morgan fingerprint density at radius 2 is 1.94 bits per heavy atom. The number of hydrogen-bond acceptors (Lipinski definition) is 2. The number of rotatable bonds is 3. The van der Waals surface area contributed by atoms with Crippen LogP contribution in [0.4, 0.5) is 5.69 Å². The number of para-hydroxylation sites is 1. The third-order valence-corrected chi connectivity index (χ3v) is 2.90. The van der Waals surface area contributed by atoms with Gasteiger partial charge in [-0.1, -0.05) is 35.9 Å². The molecule has 0 radical (unpaired) electrons. The van der Waals surface area contributed by atoms with Gasteiger partial charge >= 0.3 is 0 Å². The van der Waals surface area contributed by atoms with Gasteiger partial charge in [-0.05, 0) is 30.7 Å². The maximum Gasteiger partial charge on any atom is 0.120 e. The van der Waals surface area contributed by atoms with Gasteiger partial charge in [-0.15, -0.1) is 0 Å². The summed E-state index contributed by atoms with van der Waals surface area (Å²) in [7, 11) is 0. The number of aromatic hydroxyl groups is 1. The molecule has 0 heterocycles. The highest BCUT2D eigenvalue weighted by atomic mass is 35.5. The molecule has 88 valence electrons. The van der Waals surface area contributed by atoms with Gasteiger partial charge in [0, 0.05) is 22.8 Å². The zero-order valence-electron chi connectivity index (χ0n) is 9.57. The van der Waals surface area contributed by atoms with Crippen LogP contribution in [0, 0.1) is 6.92 Å². The Morgan fingerprint density at radius 1 is 1.18 bits per heavy atom. The SMILES string of the molecule is Cc1ccc(Cl)cc1NCc1ccccc1O. The second kappa shape index (κ2) is 5.11. The summed E-state index contributed by atoms with van der Waals surface area (Å²) in [6.07, 6.45) is 0. The minimum atomic E-state index is 0.305. The third kappa shape index (κ3) is 2.92. The van der Waals surface area contributed by atoms with Crippen molar-refractivity contribution in [2.75, 3.05) is 5.32 Å². The summed E-state index contributed by atoms with van der Waals surface area (Å²) in [4.78, 5) is 0. The number of nitrogens with one attached hydrogen (secondary N) is 1. The summed E-state index contributed by atoms with van der Waals surface area (Å²) in [5.41, 5.74) is 2.98. The van der Waals surface area contributed by atoms with Gasteiger partial charge in [0.15, 0.2) is 0 Å². The molecule has 0 amide bonds. The highest BCUT2D eigenvalue weighted by Crippen LogP contribution is 2.22. The monoisotopic (exact) mass is 247 g/mol. The first kappa shape index (κ1) is 11.8. The Bertz CT molecular complexity index is 525. The molecular formula is C14H14ClNO. The molecule has 0 aliphatic heterocycles. The number of hydrogen-bond donors (Lipinski definition) is 2. The van der Waals surface area contributed by atoms with Crippen molar-refractivity contribution < 1.29 is 5.11 Å². The van der Waals surface area contributed by atoms with Crippen molar-refractivity contribution in [3.8, 4) is 5.75 Å². The van der Waals surface area contributed by atoms with Crippen LogP contribution in [0.25, 0.3) is 0 Å². The summed E-state index contributed by atoms with van der Waals surface area (Å²) in [5.74, 6) is 0.305. The summed E-state index contributed by atoms with van der Waals surface area (Å²) in [6, 6.07) is 13.0. The van der Waals surface area contributed by atoms with E-state index in [1.54, 1.807) is 6.07 Å². The lowest BCUT2D eigenvalue weighted by atomic mass is 10.1. The van der Waals surface area contributed by atoms with Crippen LogP contribution in [0.2, 0.25) is 5.02 Å². The first-order valence-electron chi connectivity index (χ1n) is 5.44. The lowest BCUT2D eigenvalue weighted by Crippen LogP contribution is -2.01. The maximum absolute atomic E-state index is 9.65. The molecule has 0 unspecified atom stereocenters. The highest BCUT2D eigenvalue weighted by molar-refractivity contribution is 6.30. The fourth-order valence-corrected chi connectivity index (χ4v) is 1.81. The van der Waals surface area contributed by atoms with Crippen LogP contribution in [0.3, 0.4) is 0 Å². The van der Waals surface area contributed by atoms with E-state index in [0.29, 0.717) is 17.3 Å². The Kier molecular flexibility index (Phi) is 3.55. The molecule has 17 heavy (non-hydrogen) atoms. The van der Waals surface area contributed by atoms with Gasteiger partial charge in [0.1, 0.15) is 5.75 Å². The van der Waals surface area contributed by atoms with Crippen molar-refractivity contribution in [3.05, 3.63) is 58.6 Å².